The number of hydrogen-bond acceptors (Lipinski definition) is 2. The first kappa shape index (κ1) is 15.6. The Kier molecular flexibility index (Phi) is 4.60. The molecule has 110 valence electrons. The molecule has 20 heavy (non-hydrogen) atoms. The summed E-state index contributed by atoms with van der Waals surface area (Å²) in [5.41, 5.74) is 10.2. The van der Waals surface area contributed by atoms with Gasteiger partial charge < -0.3 is 10.6 Å². The minimum Gasteiger partial charge on any atom is -0.367 e. The molecule has 1 heterocycles. The molecule has 0 bridgehead atoms. The summed E-state index contributed by atoms with van der Waals surface area (Å²) in [5.74, 6) is 0. The third kappa shape index (κ3) is 3.44. The summed E-state index contributed by atoms with van der Waals surface area (Å²) in [6, 6.07) is 6.53. The fraction of sp³-hybridized carbons (Fsp3) is 0.529. The first-order valence-electron chi connectivity index (χ1n) is 7.28. The highest BCUT2D eigenvalue weighted by atomic mass is 79.9. The number of anilines is 1. The smallest absolute Gasteiger partial charge is 0.0513 e. The molecule has 0 aliphatic carbocycles. The van der Waals surface area contributed by atoms with Gasteiger partial charge in [-0.15, -0.1) is 0 Å². The number of rotatable bonds is 2. The van der Waals surface area contributed by atoms with E-state index in [1.807, 2.05) is 6.92 Å². The first-order chi connectivity index (χ1) is 9.29. The molecule has 1 atom stereocenters. The van der Waals surface area contributed by atoms with Crippen LogP contribution in [0.1, 0.15) is 45.7 Å². The lowest BCUT2D eigenvalue weighted by Crippen LogP contribution is -2.31. The molecular weight excluding hydrogens is 312 g/mol. The van der Waals surface area contributed by atoms with Gasteiger partial charge in [0, 0.05) is 23.6 Å². The number of halogens is 1. The quantitative estimate of drug-likeness (QED) is 0.796. The highest BCUT2D eigenvalue weighted by Gasteiger charge is 2.22. The van der Waals surface area contributed by atoms with E-state index in [-0.39, 0.29) is 6.04 Å². The van der Waals surface area contributed by atoms with Crippen LogP contribution in [0, 0.1) is 5.41 Å². The van der Waals surface area contributed by atoms with Crippen molar-refractivity contribution in [3.63, 3.8) is 0 Å². The van der Waals surface area contributed by atoms with Gasteiger partial charge in [0.1, 0.15) is 0 Å². The molecular formula is C17H25BrN2. The van der Waals surface area contributed by atoms with Crippen molar-refractivity contribution in [1.29, 1.82) is 0 Å². The van der Waals surface area contributed by atoms with E-state index in [0.29, 0.717) is 5.41 Å². The van der Waals surface area contributed by atoms with E-state index < -0.39 is 0 Å². The molecule has 0 spiro atoms. The first-order valence-corrected chi connectivity index (χ1v) is 8.08. The molecule has 1 aliphatic heterocycles. The third-order valence-corrected chi connectivity index (χ3v) is 4.65. The normalized spacial score (nSPS) is 17.9. The molecule has 2 rings (SSSR count). The van der Waals surface area contributed by atoms with E-state index in [0.717, 1.165) is 24.0 Å². The van der Waals surface area contributed by atoms with Gasteiger partial charge >= 0.3 is 0 Å². The summed E-state index contributed by atoms with van der Waals surface area (Å²) >= 11 is 3.69. The maximum absolute atomic E-state index is 5.93. The van der Waals surface area contributed by atoms with Crippen LogP contribution >= 0.6 is 15.9 Å². The van der Waals surface area contributed by atoms with Crippen molar-refractivity contribution in [1.82, 2.24) is 0 Å². The Morgan fingerprint density at radius 2 is 2.00 bits per heavy atom. The van der Waals surface area contributed by atoms with Crippen LogP contribution in [-0.2, 0) is 0 Å². The summed E-state index contributed by atoms with van der Waals surface area (Å²) in [5, 5.41) is 0. The van der Waals surface area contributed by atoms with E-state index >= 15 is 0 Å². The average Bonchev–Trinajstić information content (AvgIpc) is 2.37. The van der Waals surface area contributed by atoms with Gasteiger partial charge in [0.25, 0.3) is 0 Å². The zero-order valence-electron chi connectivity index (χ0n) is 12.9. The maximum Gasteiger partial charge on any atom is 0.0513 e. The molecule has 1 aromatic rings. The minimum absolute atomic E-state index is 0.0779. The Morgan fingerprint density at radius 3 is 2.45 bits per heavy atom. The average molecular weight is 337 g/mol. The van der Waals surface area contributed by atoms with Crippen molar-refractivity contribution in [3.05, 3.63) is 39.9 Å². The zero-order valence-corrected chi connectivity index (χ0v) is 14.5. The van der Waals surface area contributed by atoms with E-state index in [2.05, 4.69) is 65.9 Å². The predicted molar refractivity (Wildman–Crippen MR) is 91.1 cm³/mol. The molecule has 0 unspecified atom stereocenters. The summed E-state index contributed by atoms with van der Waals surface area (Å²) < 4.78 is 1.14. The number of benzene rings is 1. The highest BCUT2D eigenvalue weighted by Crippen LogP contribution is 2.34. The molecule has 0 fully saturated rings. The van der Waals surface area contributed by atoms with Gasteiger partial charge in [-0.1, -0.05) is 38.5 Å². The highest BCUT2D eigenvalue weighted by molar-refractivity contribution is 9.10. The molecule has 0 saturated heterocycles. The molecule has 0 aromatic heterocycles. The number of hydrogen-bond donors (Lipinski definition) is 1. The topological polar surface area (TPSA) is 29.3 Å². The van der Waals surface area contributed by atoms with Crippen molar-refractivity contribution in [2.45, 2.75) is 40.2 Å². The van der Waals surface area contributed by atoms with Crippen LogP contribution in [0.15, 0.2) is 34.3 Å². The molecule has 2 N–H and O–H groups in total. The van der Waals surface area contributed by atoms with Gasteiger partial charge in [0.2, 0.25) is 0 Å². The Labute approximate surface area is 131 Å². The molecule has 0 amide bonds. The van der Waals surface area contributed by atoms with Gasteiger partial charge in [-0.25, -0.2) is 0 Å². The maximum atomic E-state index is 5.93. The summed E-state index contributed by atoms with van der Waals surface area (Å²) in [6.45, 7) is 11.0. The van der Waals surface area contributed by atoms with Crippen LogP contribution in [0.2, 0.25) is 0 Å². The molecule has 3 heteroatoms. The third-order valence-electron chi connectivity index (χ3n) is 4.01. The number of nitrogens with zero attached hydrogens (tertiary/aromatic N) is 1. The fourth-order valence-electron chi connectivity index (χ4n) is 2.63. The Balaban J connectivity index is 2.17. The van der Waals surface area contributed by atoms with Crippen LogP contribution < -0.4 is 10.6 Å². The van der Waals surface area contributed by atoms with Crippen molar-refractivity contribution in [3.8, 4) is 0 Å². The van der Waals surface area contributed by atoms with Gasteiger partial charge in [-0.3, -0.25) is 0 Å². The van der Waals surface area contributed by atoms with Crippen LogP contribution in [0.4, 0.5) is 5.69 Å². The Hall–Kier alpha value is -0.800. The van der Waals surface area contributed by atoms with E-state index in [1.54, 1.807) is 5.57 Å². The molecule has 0 radical (unpaired) electrons. The monoisotopic (exact) mass is 336 g/mol. The lowest BCUT2D eigenvalue weighted by molar-refractivity contribution is 0.472. The van der Waals surface area contributed by atoms with Crippen LogP contribution in [-0.4, -0.2) is 13.1 Å². The van der Waals surface area contributed by atoms with Gasteiger partial charge in [0.05, 0.1) is 5.69 Å². The summed E-state index contributed by atoms with van der Waals surface area (Å²) in [6.07, 6.45) is 3.53. The fourth-order valence-corrected chi connectivity index (χ4v) is 3.28. The number of nitrogens with two attached hydrogens (primary N) is 1. The van der Waals surface area contributed by atoms with Crippen LogP contribution in [0.3, 0.4) is 0 Å². The lowest BCUT2D eigenvalue weighted by Gasteiger charge is -2.34. The van der Waals surface area contributed by atoms with Crippen LogP contribution in [0.5, 0.6) is 0 Å². The minimum atomic E-state index is 0.0779. The largest absolute Gasteiger partial charge is 0.367 e. The molecule has 1 aromatic carbocycles. The second kappa shape index (κ2) is 5.90. The molecule has 1 aliphatic rings. The van der Waals surface area contributed by atoms with Crippen molar-refractivity contribution in [2.75, 3.05) is 18.0 Å². The van der Waals surface area contributed by atoms with E-state index in [1.165, 1.54) is 11.3 Å². The zero-order chi connectivity index (χ0) is 14.9. The van der Waals surface area contributed by atoms with Gasteiger partial charge in [-0.05, 0) is 52.4 Å². The summed E-state index contributed by atoms with van der Waals surface area (Å²) in [4.78, 5) is 2.42. The molecule has 2 nitrogen and oxygen atoms in total. The van der Waals surface area contributed by atoms with Crippen molar-refractivity contribution >= 4 is 21.6 Å². The standard InChI is InChI=1S/C17H25BrN2/c1-12(19)13-5-6-16(15(18)11-13)20-9-7-14(8-10-20)17(2,3)4/h5-7,11-12H,8-10,19H2,1-4H3/t12-/m1/s1. The Morgan fingerprint density at radius 1 is 1.30 bits per heavy atom. The van der Waals surface area contributed by atoms with Gasteiger partial charge in [0.15, 0.2) is 0 Å². The second-order valence-electron chi connectivity index (χ2n) is 6.67. The van der Waals surface area contributed by atoms with E-state index in [9.17, 15) is 0 Å². The van der Waals surface area contributed by atoms with Crippen molar-refractivity contribution in [2.24, 2.45) is 11.1 Å². The van der Waals surface area contributed by atoms with E-state index in [4.69, 9.17) is 5.73 Å². The second-order valence-corrected chi connectivity index (χ2v) is 7.53. The lowest BCUT2D eigenvalue weighted by atomic mass is 9.83. The predicted octanol–water partition coefficient (Wildman–Crippen LogP) is 4.65. The SMILES string of the molecule is C[C@@H](N)c1ccc(N2CC=C(C(C)(C)C)CC2)c(Br)c1. The molecule has 0 saturated carbocycles. The Bertz CT molecular complexity index is 512. The van der Waals surface area contributed by atoms with Crippen LogP contribution in [0.25, 0.3) is 0 Å². The summed E-state index contributed by atoms with van der Waals surface area (Å²) in [7, 11) is 0. The van der Waals surface area contributed by atoms with Crippen molar-refractivity contribution < 1.29 is 0 Å². The van der Waals surface area contributed by atoms with Gasteiger partial charge in [-0.2, -0.15) is 0 Å².